The Kier molecular flexibility index (Phi) is 4.23. The molecule has 0 atom stereocenters. The Morgan fingerprint density at radius 3 is 2.75 bits per heavy atom. The van der Waals surface area contributed by atoms with Gasteiger partial charge >= 0.3 is 0 Å². The van der Waals surface area contributed by atoms with Gasteiger partial charge in [-0.3, -0.25) is 0 Å². The molecule has 1 rings (SSSR count). The molecular weight excluding hydrogens is 224 g/mol. The van der Waals surface area contributed by atoms with Crippen LogP contribution in [0.25, 0.3) is 0 Å². The van der Waals surface area contributed by atoms with Crippen LogP contribution in [0.15, 0.2) is 41.8 Å². The van der Waals surface area contributed by atoms with E-state index in [9.17, 15) is 8.42 Å². The number of nitrogens with zero attached hydrogens (tertiary/aromatic N) is 1. The molecule has 0 radical (unpaired) electrons. The molecule has 16 heavy (non-hydrogen) atoms. The Labute approximate surface area is 95.3 Å². The van der Waals surface area contributed by atoms with E-state index in [1.165, 1.54) is 12.1 Å². The molecule has 0 unspecified atom stereocenters. The van der Waals surface area contributed by atoms with E-state index in [2.05, 4.69) is 11.3 Å². The third kappa shape index (κ3) is 2.92. The average Bonchev–Trinajstić information content (AvgIpc) is 2.29. The normalized spacial score (nSPS) is 10.7. The van der Waals surface area contributed by atoms with Gasteiger partial charge in [0, 0.05) is 6.54 Å². The van der Waals surface area contributed by atoms with Crippen LogP contribution in [0, 0.1) is 11.3 Å². The smallest absolute Gasteiger partial charge is 0.211 e. The third-order valence-corrected chi connectivity index (χ3v) is 3.46. The van der Waals surface area contributed by atoms with Crippen LogP contribution in [0.5, 0.6) is 0 Å². The van der Waals surface area contributed by atoms with Crippen molar-refractivity contribution in [2.45, 2.75) is 11.3 Å². The zero-order valence-electron chi connectivity index (χ0n) is 8.68. The molecule has 4 nitrogen and oxygen atoms in total. The number of hydrogen-bond acceptors (Lipinski definition) is 3. The van der Waals surface area contributed by atoms with Gasteiger partial charge in [0.25, 0.3) is 0 Å². The number of hydrogen-bond donors (Lipinski definition) is 1. The van der Waals surface area contributed by atoms with Crippen LogP contribution >= 0.6 is 0 Å². The van der Waals surface area contributed by atoms with Gasteiger partial charge in [-0.25, -0.2) is 13.1 Å². The summed E-state index contributed by atoms with van der Waals surface area (Å²) in [6.45, 7) is 3.78. The maximum absolute atomic E-state index is 11.8. The highest BCUT2D eigenvalue weighted by Crippen LogP contribution is 2.13. The molecule has 0 aliphatic carbocycles. The minimum Gasteiger partial charge on any atom is -0.211 e. The molecule has 0 heterocycles. The van der Waals surface area contributed by atoms with E-state index < -0.39 is 10.0 Å². The predicted octanol–water partition coefficient (Wildman–Crippen LogP) is 1.41. The number of benzene rings is 1. The molecule has 0 saturated carbocycles. The summed E-state index contributed by atoms with van der Waals surface area (Å²) in [4.78, 5) is 0.0153. The molecule has 0 amide bonds. The first-order valence-electron chi connectivity index (χ1n) is 4.71. The van der Waals surface area contributed by atoms with Crippen LogP contribution in [-0.4, -0.2) is 15.0 Å². The molecular formula is C11H12N2O2S. The average molecular weight is 236 g/mol. The summed E-state index contributed by atoms with van der Waals surface area (Å²) in [6.07, 6.45) is 2.17. The van der Waals surface area contributed by atoms with E-state index >= 15 is 0 Å². The lowest BCUT2D eigenvalue weighted by Gasteiger charge is -2.06. The lowest BCUT2D eigenvalue weighted by atomic mass is 10.2. The highest BCUT2D eigenvalue weighted by Gasteiger charge is 2.16. The molecule has 0 aromatic heterocycles. The van der Waals surface area contributed by atoms with Gasteiger partial charge in [0.15, 0.2) is 0 Å². The van der Waals surface area contributed by atoms with Crippen LogP contribution in [0.4, 0.5) is 0 Å². The summed E-state index contributed by atoms with van der Waals surface area (Å²) < 4.78 is 26.0. The number of nitrogens with one attached hydrogen (secondary N) is 1. The van der Waals surface area contributed by atoms with Gasteiger partial charge < -0.3 is 0 Å². The minimum atomic E-state index is -3.60. The SMILES string of the molecule is C=CCCNS(=O)(=O)c1ccccc1C#N. The second-order valence-corrected chi connectivity index (χ2v) is 4.82. The van der Waals surface area contributed by atoms with Gasteiger partial charge in [-0.2, -0.15) is 5.26 Å². The maximum atomic E-state index is 11.8. The van der Waals surface area contributed by atoms with Crippen molar-refractivity contribution < 1.29 is 8.42 Å². The van der Waals surface area contributed by atoms with Crippen molar-refractivity contribution in [3.8, 4) is 6.07 Å². The minimum absolute atomic E-state index is 0.0153. The highest BCUT2D eigenvalue weighted by atomic mass is 32.2. The first-order chi connectivity index (χ1) is 7.61. The molecule has 0 saturated heterocycles. The fourth-order valence-corrected chi connectivity index (χ4v) is 2.37. The van der Waals surface area contributed by atoms with Gasteiger partial charge in [0.05, 0.1) is 10.5 Å². The van der Waals surface area contributed by atoms with E-state index in [-0.39, 0.29) is 17.0 Å². The summed E-state index contributed by atoms with van der Waals surface area (Å²) in [5.74, 6) is 0. The summed E-state index contributed by atoms with van der Waals surface area (Å²) in [6, 6.07) is 7.95. The van der Waals surface area contributed by atoms with Crippen molar-refractivity contribution in [3.05, 3.63) is 42.5 Å². The van der Waals surface area contributed by atoms with Crippen LogP contribution in [0.1, 0.15) is 12.0 Å². The molecule has 1 aromatic carbocycles. The fourth-order valence-electron chi connectivity index (χ4n) is 1.17. The van der Waals surface area contributed by atoms with Crippen molar-refractivity contribution in [2.24, 2.45) is 0 Å². The van der Waals surface area contributed by atoms with E-state index in [4.69, 9.17) is 5.26 Å². The zero-order valence-corrected chi connectivity index (χ0v) is 9.50. The Bertz CT molecular complexity index is 515. The predicted molar refractivity (Wildman–Crippen MR) is 61.2 cm³/mol. The summed E-state index contributed by atoms with van der Waals surface area (Å²) in [5, 5.41) is 8.79. The number of rotatable bonds is 5. The molecule has 5 heteroatoms. The number of nitriles is 1. The first-order valence-corrected chi connectivity index (χ1v) is 6.20. The zero-order chi connectivity index (χ0) is 12.0. The molecule has 84 valence electrons. The Morgan fingerprint density at radius 2 is 2.12 bits per heavy atom. The quantitative estimate of drug-likeness (QED) is 0.620. The van der Waals surface area contributed by atoms with E-state index in [1.807, 2.05) is 6.07 Å². The standard InChI is InChI=1S/C11H12N2O2S/c1-2-3-8-13-16(14,15)11-7-5-4-6-10(11)9-12/h2,4-7,13H,1,3,8H2. The van der Waals surface area contributed by atoms with Crippen molar-refractivity contribution in [1.29, 1.82) is 5.26 Å². The largest absolute Gasteiger partial charge is 0.241 e. The molecule has 0 spiro atoms. The van der Waals surface area contributed by atoms with E-state index in [0.717, 1.165) is 0 Å². The molecule has 0 aliphatic heterocycles. The second kappa shape index (κ2) is 5.45. The summed E-state index contributed by atoms with van der Waals surface area (Å²) in [7, 11) is -3.60. The van der Waals surface area contributed by atoms with Gasteiger partial charge in [0.1, 0.15) is 6.07 Å². The highest BCUT2D eigenvalue weighted by molar-refractivity contribution is 7.89. The Morgan fingerprint density at radius 1 is 1.44 bits per heavy atom. The van der Waals surface area contributed by atoms with Crippen molar-refractivity contribution in [3.63, 3.8) is 0 Å². The van der Waals surface area contributed by atoms with Gasteiger partial charge in [-0.1, -0.05) is 18.2 Å². The summed E-state index contributed by atoms with van der Waals surface area (Å²) >= 11 is 0. The van der Waals surface area contributed by atoms with Crippen molar-refractivity contribution in [1.82, 2.24) is 4.72 Å². The van der Waals surface area contributed by atoms with E-state index in [1.54, 1.807) is 18.2 Å². The van der Waals surface area contributed by atoms with Crippen LogP contribution in [-0.2, 0) is 10.0 Å². The summed E-state index contributed by atoms with van der Waals surface area (Å²) in [5.41, 5.74) is 0.147. The van der Waals surface area contributed by atoms with Crippen molar-refractivity contribution in [2.75, 3.05) is 6.54 Å². The van der Waals surface area contributed by atoms with Gasteiger partial charge in [-0.15, -0.1) is 6.58 Å². The van der Waals surface area contributed by atoms with Crippen LogP contribution in [0.2, 0.25) is 0 Å². The molecule has 0 bridgehead atoms. The maximum Gasteiger partial charge on any atom is 0.241 e. The van der Waals surface area contributed by atoms with Gasteiger partial charge in [-0.05, 0) is 18.6 Å². The lowest BCUT2D eigenvalue weighted by molar-refractivity contribution is 0.582. The lowest BCUT2D eigenvalue weighted by Crippen LogP contribution is -2.25. The van der Waals surface area contributed by atoms with Crippen LogP contribution < -0.4 is 4.72 Å². The monoisotopic (exact) mass is 236 g/mol. The second-order valence-electron chi connectivity index (χ2n) is 3.08. The molecule has 0 fully saturated rings. The Balaban J connectivity index is 2.99. The van der Waals surface area contributed by atoms with E-state index in [0.29, 0.717) is 6.42 Å². The van der Waals surface area contributed by atoms with Gasteiger partial charge in [0.2, 0.25) is 10.0 Å². The Hall–Kier alpha value is -1.64. The molecule has 0 aliphatic rings. The molecule has 1 N–H and O–H groups in total. The first kappa shape index (κ1) is 12.4. The van der Waals surface area contributed by atoms with Crippen molar-refractivity contribution >= 4 is 10.0 Å². The topological polar surface area (TPSA) is 70.0 Å². The number of sulfonamides is 1. The van der Waals surface area contributed by atoms with Crippen LogP contribution in [0.3, 0.4) is 0 Å². The third-order valence-electron chi connectivity index (χ3n) is 1.94. The fraction of sp³-hybridized carbons (Fsp3) is 0.182. The molecule has 1 aromatic rings.